The van der Waals surface area contributed by atoms with Gasteiger partial charge in [-0.05, 0) is 41.8 Å². The molecule has 2 rings (SSSR count). The number of nitrogens with zero attached hydrogens (tertiary/aromatic N) is 1. The van der Waals surface area contributed by atoms with Gasteiger partial charge in [0.2, 0.25) is 5.75 Å². The molecule has 0 aromatic heterocycles. The van der Waals surface area contributed by atoms with Crippen molar-refractivity contribution in [3.63, 3.8) is 0 Å². The van der Waals surface area contributed by atoms with Crippen molar-refractivity contribution in [1.29, 1.82) is 0 Å². The highest BCUT2D eigenvalue weighted by Gasteiger charge is 2.21. The van der Waals surface area contributed by atoms with E-state index in [1.807, 2.05) is 57.1 Å². The van der Waals surface area contributed by atoms with Crippen LogP contribution in [-0.2, 0) is 0 Å². The van der Waals surface area contributed by atoms with Crippen LogP contribution >= 0.6 is 0 Å². The molecule has 156 valence electrons. The summed E-state index contributed by atoms with van der Waals surface area (Å²) in [5.41, 5.74) is 9.71. The monoisotopic (exact) mass is 398 g/mol. The minimum atomic E-state index is -0.0949. The summed E-state index contributed by atoms with van der Waals surface area (Å²) in [5, 5.41) is 0. The van der Waals surface area contributed by atoms with Gasteiger partial charge in [-0.1, -0.05) is 19.9 Å². The van der Waals surface area contributed by atoms with E-state index in [0.717, 1.165) is 11.3 Å². The first-order valence-electron chi connectivity index (χ1n) is 9.36. The molecular weight excluding hydrogens is 368 g/mol. The van der Waals surface area contributed by atoms with Crippen LogP contribution in [0, 0.1) is 5.92 Å². The Balaban J connectivity index is 2.56. The Hall–Kier alpha value is -3.15. The first-order chi connectivity index (χ1) is 13.7. The van der Waals surface area contributed by atoms with E-state index in [1.54, 1.807) is 12.1 Å². The Morgan fingerprint density at radius 1 is 1.00 bits per heavy atom. The molecule has 0 aliphatic carbocycles. The van der Waals surface area contributed by atoms with Crippen LogP contribution in [0.1, 0.15) is 29.8 Å². The van der Waals surface area contributed by atoms with Crippen LogP contribution in [0.15, 0.2) is 35.9 Å². The maximum Gasteiger partial charge on any atom is 0.203 e. The first-order valence-corrected chi connectivity index (χ1v) is 9.36. The van der Waals surface area contributed by atoms with Crippen LogP contribution in [0.25, 0.3) is 6.08 Å². The summed E-state index contributed by atoms with van der Waals surface area (Å²) in [6.07, 6.45) is 1.91. The fraction of sp³-hybridized carbons (Fsp3) is 0.348. The third kappa shape index (κ3) is 4.83. The second-order valence-corrected chi connectivity index (χ2v) is 7.21. The number of carbonyl (C=O) groups is 1. The fourth-order valence-corrected chi connectivity index (χ4v) is 3.09. The maximum atomic E-state index is 13.4. The molecule has 2 aromatic carbocycles. The van der Waals surface area contributed by atoms with Crippen LogP contribution in [0.2, 0.25) is 0 Å². The predicted octanol–water partition coefficient (Wildman–Crippen LogP) is 4.28. The van der Waals surface area contributed by atoms with E-state index in [-0.39, 0.29) is 11.7 Å². The molecule has 0 heterocycles. The standard InChI is InChI=1S/C23H30N2O4/c1-14(2)17(10-15-8-9-18(24)19(11-15)25(3)4)22(26)16-12-20(27-5)23(29-7)21(13-16)28-6/h8-14H,24H2,1-7H3. The average molecular weight is 399 g/mol. The molecule has 0 saturated carbocycles. The summed E-state index contributed by atoms with van der Waals surface area (Å²) in [6.45, 7) is 3.98. The SMILES string of the molecule is COc1cc(C(=O)C(=Cc2ccc(N)c(N(C)C)c2)C(C)C)cc(OC)c1OC. The molecule has 0 amide bonds. The van der Waals surface area contributed by atoms with Crippen LogP contribution in [-0.4, -0.2) is 41.2 Å². The highest BCUT2D eigenvalue weighted by molar-refractivity contribution is 6.12. The third-order valence-corrected chi connectivity index (χ3v) is 4.67. The summed E-state index contributed by atoms with van der Waals surface area (Å²) in [5.74, 6) is 1.27. The lowest BCUT2D eigenvalue weighted by Gasteiger charge is -2.17. The number of hydrogen-bond donors (Lipinski definition) is 1. The molecule has 29 heavy (non-hydrogen) atoms. The minimum Gasteiger partial charge on any atom is -0.493 e. The number of nitrogen functional groups attached to an aromatic ring is 1. The smallest absolute Gasteiger partial charge is 0.203 e. The number of ketones is 1. The third-order valence-electron chi connectivity index (χ3n) is 4.67. The van der Waals surface area contributed by atoms with Gasteiger partial charge in [0.05, 0.1) is 32.7 Å². The van der Waals surface area contributed by atoms with Gasteiger partial charge in [0.15, 0.2) is 17.3 Å². The number of hydrogen-bond acceptors (Lipinski definition) is 6. The molecule has 0 fully saturated rings. The van der Waals surface area contributed by atoms with Gasteiger partial charge in [0, 0.05) is 25.2 Å². The molecule has 0 atom stereocenters. The van der Waals surface area contributed by atoms with E-state index in [1.165, 1.54) is 21.3 Å². The summed E-state index contributed by atoms with van der Waals surface area (Å²) in [6, 6.07) is 9.08. The van der Waals surface area contributed by atoms with E-state index in [9.17, 15) is 4.79 Å². The van der Waals surface area contributed by atoms with Crippen LogP contribution in [0.3, 0.4) is 0 Å². The van der Waals surface area contributed by atoms with Gasteiger partial charge in [0.25, 0.3) is 0 Å². The second kappa shape index (κ2) is 9.37. The summed E-state index contributed by atoms with van der Waals surface area (Å²) in [4.78, 5) is 15.3. The Kier molecular flexibility index (Phi) is 7.15. The normalized spacial score (nSPS) is 11.4. The van der Waals surface area contributed by atoms with Crippen molar-refractivity contribution in [2.45, 2.75) is 13.8 Å². The van der Waals surface area contributed by atoms with E-state index < -0.39 is 0 Å². The van der Waals surface area contributed by atoms with Gasteiger partial charge in [-0.15, -0.1) is 0 Å². The van der Waals surface area contributed by atoms with Crippen molar-refractivity contribution in [3.8, 4) is 17.2 Å². The van der Waals surface area contributed by atoms with Crippen molar-refractivity contribution in [2.24, 2.45) is 5.92 Å². The van der Waals surface area contributed by atoms with Gasteiger partial charge in [-0.25, -0.2) is 0 Å². The molecule has 2 aromatic rings. The van der Waals surface area contributed by atoms with Crippen LogP contribution in [0.5, 0.6) is 17.2 Å². The lowest BCUT2D eigenvalue weighted by molar-refractivity contribution is 0.102. The molecule has 6 nitrogen and oxygen atoms in total. The van der Waals surface area contributed by atoms with E-state index in [4.69, 9.17) is 19.9 Å². The van der Waals surface area contributed by atoms with Crippen molar-refractivity contribution in [1.82, 2.24) is 0 Å². The van der Waals surface area contributed by atoms with E-state index in [0.29, 0.717) is 34.1 Å². The first kappa shape index (κ1) is 22.1. The van der Waals surface area contributed by atoms with E-state index in [2.05, 4.69) is 0 Å². The average Bonchev–Trinajstić information content (AvgIpc) is 2.70. The summed E-state index contributed by atoms with van der Waals surface area (Å²) in [7, 11) is 8.46. The zero-order valence-electron chi connectivity index (χ0n) is 18.2. The van der Waals surface area contributed by atoms with Crippen molar-refractivity contribution >= 4 is 23.2 Å². The number of nitrogens with two attached hydrogens (primary N) is 1. The molecule has 0 radical (unpaired) electrons. The number of methoxy groups -OCH3 is 3. The number of allylic oxidation sites excluding steroid dienone is 1. The number of benzene rings is 2. The quantitative estimate of drug-likeness (QED) is 0.406. The Morgan fingerprint density at radius 3 is 2.03 bits per heavy atom. The van der Waals surface area contributed by atoms with Gasteiger partial charge >= 0.3 is 0 Å². The van der Waals surface area contributed by atoms with Gasteiger partial charge in [0.1, 0.15) is 0 Å². The van der Waals surface area contributed by atoms with Crippen LogP contribution < -0.4 is 24.8 Å². The molecular formula is C23H30N2O4. The number of Topliss-reactive ketones (excluding diaryl/α,β-unsaturated/α-hetero) is 1. The van der Waals surface area contributed by atoms with Crippen molar-refractivity contribution in [3.05, 3.63) is 47.0 Å². The molecule has 0 aliphatic rings. The minimum absolute atomic E-state index is 0.0157. The number of ether oxygens (including phenoxy) is 3. The molecule has 6 heteroatoms. The largest absolute Gasteiger partial charge is 0.493 e. The number of carbonyl (C=O) groups excluding carboxylic acids is 1. The Bertz CT molecular complexity index is 892. The molecule has 0 saturated heterocycles. The predicted molar refractivity (Wildman–Crippen MR) is 118 cm³/mol. The Morgan fingerprint density at radius 2 is 1.59 bits per heavy atom. The van der Waals surface area contributed by atoms with Crippen molar-refractivity contribution in [2.75, 3.05) is 46.1 Å². The van der Waals surface area contributed by atoms with Gasteiger partial charge in [-0.3, -0.25) is 4.79 Å². The van der Waals surface area contributed by atoms with Crippen molar-refractivity contribution < 1.29 is 19.0 Å². The summed E-state index contributed by atoms with van der Waals surface area (Å²) < 4.78 is 16.1. The molecule has 0 aliphatic heterocycles. The molecule has 2 N–H and O–H groups in total. The maximum absolute atomic E-state index is 13.4. The number of anilines is 2. The molecule has 0 spiro atoms. The highest BCUT2D eigenvalue weighted by Crippen LogP contribution is 2.39. The number of rotatable bonds is 8. The fourth-order valence-electron chi connectivity index (χ4n) is 3.09. The lowest BCUT2D eigenvalue weighted by Crippen LogP contribution is -2.12. The highest BCUT2D eigenvalue weighted by atomic mass is 16.5. The van der Waals surface area contributed by atoms with E-state index >= 15 is 0 Å². The van der Waals surface area contributed by atoms with Gasteiger partial charge < -0.3 is 24.8 Å². The zero-order chi connectivity index (χ0) is 21.7. The molecule has 0 bridgehead atoms. The summed E-state index contributed by atoms with van der Waals surface area (Å²) >= 11 is 0. The second-order valence-electron chi connectivity index (χ2n) is 7.21. The molecule has 0 unspecified atom stereocenters. The Labute approximate surface area is 172 Å². The topological polar surface area (TPSA) is 74.0 Å². The van der Waals surface area contributed by atoms with Crippen LogP contribution in [0.4, 0.5) is 11.4 Å². The van der Waals surface area contributed by atoms with Gasteiger partial charge in [-0.2, -0.15) is 0 Å². The zero-order valence-corrected chi connectivity index (χ0v) is 18.2. The lowest BCUT2D eigenvalue weighted by atomic mass is 9.92.